The lowest BCUT2D eigenvalue weighted by atomic mass is 9.91. The summed E-state index contributed by atoms with van der Waals surface area (Å²) in [4.78, 5) is 7.33. The molecule has 0 aliphatic heterocycles. The largest absolute Gasteiger partial charge is 0.349 e. The van der Waals surface area contributed by atoms with E-state index in [1.807, 2.05) is 12.3 Å². The van der Waals surface area contributed by atoms with Crippen LogP contribution in [0, 0.1) is 0 Å². The van der Waals surface area contributed by atoms with Crippen molar-refractivity contribution in [1.29, 1.82) is 0 Å². The third kappa shape index (κ3) is 3.10. The molecule has 1 N–H and O–H groups in total. The van der Waals surface area contributed by atoms with Crippen molar-refractivity contribution in [2.45, 2.75) is 31.1 Å². The Balaban J connectivity index is 2.08. The number of imidazole rings is 1. The number of nitrogens with one attached hydrogen (secondary N) is 1. The molecule has 2 nitrogen and oxygen atoms in total. The van der Waals surface area contributed by atoms with Crippen molar-refractivity contribution in [2.75, 3.05) is 0 Å². The highest BCUT2D eigenvalue weighted by molar-refractivity contribution is 6.21. The van der Waals surface area contributed by atoms with Crippen LogP contribution in [0.1, 0.15) is 30.7 Å². The smallest absolute Gasteiger partial charge is 0.107 e. The molecule has 90 valence electrons. The minimum absolute atomic E-state index is 0.0774. The van der Waals surface area contributed by atoms with E-state index >= 15 is 0 Å². The van der Waals surface area contributed by atoms with Gasteiger partial charge in [-0.05, 0) is 12.0 Å². The second kappa shape index (κ2) is 5.87. The van der Waals surface area contributed by atoms with Gasteiger partial charge in [0, 0.05) is 30.1 Å². The average molecular weight is 249 g/mol. The predicted molar refractivity (Wildman–Crippen MR) is 71.4 cm³/mol. The van der Waals surface area contributed by atoms with Gasteiger partial charge in [-0.1, -0.05) is 37.3 Å². The zero-order valence-electron chi connectivity index (χ0n) is 9.94. The molecule has 2 aromatic rings. The number of benzene rings is 1. The second-order valence-electron chi connectivity index (χ2n) is 4.18. The first kappa shape index (κ1) is 12.2. The molecule has 0 aliphatic carbocycles. The lowest BCUT2D eigenvalue weighted by molar-refractivity contribution is 0.605. The lowest BCUT2D eigenvalue weighted by Crippen LogP contribution is -2.15. The molecule has 1 heterocycles. The third-order valence-electron chi connectivity index (χ3n) is 3.05. The van der Waals surface area contributed by atoms with Crippen LogP contribution in [0.5, 0.6) is 0 Å². The molecule has 0 bridgehead atoms. The minimum Gasteiger partial charge on any atom is -0.349 e. The molecule has 2 unspecified atom stereocenters. The minimum atomic E-state index is 0.0774. The average Bonchev–Trinajstić information content (AvgIpc) is 2.84. The van der Waals surface area contributed by atoms with Crippen LogP contribution in [0.2, 0.25) is 0 Å². The van der Waals surface area contributed by atoms with Gasteiger partial charge in [-0.3, -0.25) is 0 Å². The molecule has 1 aromatic carbocycles. The number of H-pyrrole nitrogens is 1. The summed E-state index contributed by atoms with van der Waals surface area (Å²) in [6.07, 6.45) is 5.42. The van der Waals surface area contributed by atoms with Crippen LogP contribution in [0.3, 0.4) is 0 Å². The molecule has 17 heavy (non-hydrogen) atoms. The number of hydrogen-bond donors (Lipinski definition) is 1. The SMILES string of the molecule is CCC(c1ccccc1)C(Cl)Cc1ncc[nH]1. The summed E-state index contributed by atoms with van der Waals surface area (Å²) in [5, 5.41) is 0.0774. The fourth-order valence-electron chi connectivity index (χ4n) is 2.14. The van der Waals surface area contributed by atoms with E-state index in [9.17, 15) is 0 Å². The summed E-state index contributed by atoms with van der Waals surface area (Å²) in [6, 6.07) is 10.5. The first-order valence-corrected chi connectivity index (χ1v) is 6.42. The number of rotatable bonds is 5. The van der Waals surface area contributed by atoms with Crippen molar-refractivity contribution >= 4 is 11.6 Å². The topological polar surface area (TPSA) is 28.7 Å². The number of nitrogens with zero attached hydrogens (tertiary/aromatic N) is 1. The van der Waals surface area contributed by atoms with Crippen molar-refractivity contribution in [1.82, 2.24) is 9.97 Å². The van der Waals surface area contributed by atoms with Crippen molar-refractivity contribution in [2.24, 2.45) is 0 Å². The van der Waals surface area contributed by atoms with Gasteiger partial charge in [0.05, 0.1) is 0 Å². The summed E-state index contributed by atoms with van der Waals surface area (Å²) in [5.74, 6) is 1.34. The monoisotopic (exact) mass is 248 g/mol. The Kier molecular flexibility index (Phi) is 4.21. The molecular weight excluding hydrogens is 232 g/mol. The van der Waals surface area contributed by atoms with E-state index in [-0.39, 0.29) is 5.38 Å². The first-order chi connectivity index (χ1) is 8.31. The maximum atomic E-state index is 6.51. The molecule has 2 rings (SSSR count). The van der Waals surface area contributed by atoms with Gasteiger partial charge < -0.3 is 4.98 Å². The summed E-state index contributed by atoms with van der Waals surface area (Å²) in [7, 11) is 0. The Morgan fingerprint density at radius 1 is 1.29 bits per heavy atom. The fourth-order valence-corrected chi connectivity index (χ4v) is 2.61. The van der Waals surface area contributed by atoms with Gasteiger partial charge in [0.2, 0.25) is 0 Å². The molecule has 0 radical (unpaired) electrons. The molecule has 0 fully saturated rings. The number of hydrogen-bond acceptors (Lipinski definition) is 1. The molecule has 0 aliphatic rings. The summed E-state index contributed by atoms with van der Waals surface area (Å²) < 4.78 is 0. The van der Waals surface area contributed by atoms with Crippen LogP contribution in [-0.4, -0.2) is 15.3 Å². The summed E-state index contributed by atoms with van der Waals surface area (Å²) >= 11 is 6.51. The van der Waals surface area contributed by atoms with Crippen molar-refractivity contribution < 1.29 is 0 Å². The highest BCUT2D eigenvalue weighted by Crippen LogP contribution is 2.28. The Hall–Kier alpha value is -1.28. The van der Waals surface area contributed by atoms with E-state index in [4.69, 9.17) is 11.6 Å². The van der Waals surface area contributed by atoms with Crippen LogP contribution in [0.15, 0.2) is 42.7 Å². The Morgan fingerprint density at radius 2 is 2.06 bits per heavy atom. The van der Waals surface area contributed by atoms with E-state index in [0.29, 0.717) is 5.92 Å². The van der Waals surface area contributed by atoms with Gasteiger partial charge in [-0.15, -0.1) is 11.6 Å². The molecule has 0 saturated carbocycles. The molecule has 3 heteroatoms. The lowest BCUT2D eigenvalue weighted by Gasteiger charge is -2.20. The van der Waals surface area contributed by atoms with Crippen molar-refractivity contribution in [3.8, 4) is 0 Å². The van der Waals surface area contributed by atoms with Crippen LogP contribution in [0.4, 0.5) is 0 Å². The summed E-state index contributed by atoms with van der Waals surface area (Å²) in [5.41, 5.74) is 1.31. The quantitative estimate of drug-likeness (QED) is 0.802. The molecule has 0 saturated heterocycles. The van der Waals surface area contributed by atoms with Gasteiger partial charge in [-0.25, -0.2) is 4.98 Å². The standard InChI is InChI=1S/C14H17ClN2/c1-2-12(11-6-4-3-5-7-11)13(15)10-14-16-8-9-17-14/h3-9,12-13H,2,10H2,1H3,(H,16,17). The van der Waals surface area contributed by atoms with Crippen LogP contribution in [0.25, 0.3) is 0 Å². The molecule has 2 atom stereocenters. The zero-order valence-corrected chi connectivity index (χ0v) is 10.7. The van der Waals surface area contributed by atoms with Gasteiger partial charge >= 0.3 is 0 Å². The van der Waals surface area contributed by atoms with E-state index in [1.165, 1.54) is 5.56 Å². The maximum absolute atomic E-state index is 6.51. The Morgan fingerprint density at radius 3 is 2.65 bits per heavy atom. The second-order valence-corrected chi connectivity index (χ2v) is 4.74. The van der Waals surface area contributed by atoms with Gasteiger partial charge in [0.15, 0.2) is 0 Å². The molecular formula is C14H17ClN2. The Bertz CT molecular complexity index is 425. The number of halogens is 1. The zero-order chi connectivity index (χ0) is 12.1. The molecule has 1 aromatic heterocycles. The van der Waals surface area contributed by atoms with Gasteiger partial charge in [0.1, 0.15) is 5.82 Å². The first-order valence-electron chi connectivity index (χ1n) is 5.98. The van der Waals surface area contributed by atoms with Crippen LogP contribution >= 0.6 is 11.6 Å². The summed E-state index contributed by atoms with van der Waals surface area (Å²) in [6.45, 7) is 2.18. The number of alkyl halides is 1. The molecule has 0 spiro atoms. The van der Waals surface area contributed by atoms with Crippen LogP contribution < -0.4 is 0 Å². The number of aromatic nitrogens is 2. The maximum Gasteiger partial charge on any atom is 0.107 e. The normalized spacial score (nSPS) is 14.5. The third-order valence-corrected chi connectivity index (χ3v) is 3.51. The van der Waals surface area contributed by atoms with Gasteiger partial charge in [0.25, 0.3) is 0 Å². The van der Waals surface area contributed by atoms with Crippen LogP contribution in [-0.2, 0) is 6.42 Å². The van der Waals surface area contributed by atoms with Crippen molar-refractivity contribution in [3.05, 3.63) is 54.1 Å². The van der Waals surface area contributed by atoms with E-state index in [1.54, 1.807) is 6.20 Å². The Labute approximate surface area is 107 Å². The molecule has 0 amide bonds. The van der Waals surface area contributed by atoms with Crippen molar-refractivity contribution in [3.63, 3.8) is 0 Å². The van der Waals surface area contributed by atoms with Gasteiger partial charge in [-0.2, -0.15) is 0 Å². The number of aromatic amines is 1. The fraction of sp³-hybridized carbons (Fsp3) is 0.357. The van der Waals surface area contributed by atoms with E-state index < -0.39 is 0 Å². The highest BCUT2D eigenvalue weighted by Gasteiger charge is 2.20. The van der Waals surface area contributed by atoms with E-state index in [2.05, 4.69) is 41.2 Å². The predicted octanol–water partition coefficient (Wildman–Crippen LogP) is 3.75. The highest BCUT2D eigenvalue weighted by atomic mass is 35.5. The van der Waals surface area contributed by atoms with E-state index in [0.717, 1.165) is 18.7 Å².